The summed E-state index contributed by atoms with van der Waals surface area (Å²) in [4.78, 5) is 11.5. The van der Waals surface area contributed by atoms with E-state index in [1.54, 1.807) is 0 Å². The second kappa shape index (κ2) is 6.21. The summed E-state index contributed by atoms with van der Waals surface area (Å²) in [5, 5.41) is 0. The zero-order chi connectivity index (χ0) is 16.4. The Balaban J connectivity index is 2.16. The molecule has 120 valence electrons. The van der Waals surface area contributed by atoms with Gasteiger partial charge in [-0.2, -0.15) is 0 Å². The fraction of sp³-hybridized carbons (Fsp3) is 0.357. The van der Waals surface area contributed by atoms with Gasteiger partial charge in [-0.3, -0.25) is 4.79 Å². The van der Waals surface area contributed by atoms with Gasteiger partial charge in [0.1, 0.15) is 0 Å². The second-order valence-corrected chi connectivity index (χ2v) is 8.94. The molecule has 0 bridgehead atoms. The molecule has 1 aliphatic rings. The number of rotatable bonds is 5. The number of nitrogens with one attached hydrogen (secondary N) is 1. The van der Waals surface area contributed by atoms with Crippen molar-refractivity contribution in [1.82, 2.24) is 4.72 Å². The van der Waals surface area contributed by atoms with Gasteiger partial charge in [0.2, 0.25) is 5.91 Å². The first kappa shape index (κ1) is 16.7. The average Bonchev–Trinajstić information content (AvgIpc) is 2.90. The zero-order valence-corrected chi connectivity index (χ0v) is 13.7. The van der Waals surface area contributed by atoms with E-state index in [0.717, 1.165) is 25.2 Å². The van der Waals surface area contributed by atoms with Crippen LogP contribution in [0, 0.1) is 5.92 Å². The third kappa shape index (κ3) is 4.17. The molecule has 22 heavy (non-hydrogen) atoms. The minimum absolute atomic E-state index is 0.0533. The summed E-state index contributed by atoms with van der Waals surface area (Å²) < 4.78 is 49.2. The highest BCUT2D eigenvalue weighted by Crippen LogP contribution is 2.21. The van der Waals surface area contributed by atoms with Gasteiger partial charge in [0, 0.05) is 12.7 Å². The van der Waals surface area contributed by atoms with Crippen molar-refractivity contribution in [2.75, 3.05) is 6.26 Å². The van der Waals surface area contributed by atoms with E-state index in [1.807, 2.05) is 16.9 Å². The number of allylic oxidation sites excluding steroid dienone is 2. The van der Waals surface area contributed by atoms with E-state index in [0.29, 0.717) is 0 Å². The fourth-order valence-electron chi connectivity index (χ4n) is 2.23. The maximum Gasteiger partial charge on any atom is 0.264 e. The lowest BCUT2D eigenvalue weighted by Crippen LogP contribution is -2.31. The van der Waals surface area contributed by atoms with Gasteiger partial charge in [0.25, 0.3) is 10.0 Å². The van der Waals surface area contributed by atoms with Gasteiger partial charge in [-0.05, 0) is 37.0 Å². The molecule has 1 aromatic carbocycles. The molecule has 0 fully saturated rings. The largest absolute Gasteiger partial charge is 0.274 e. The first-order valence-corrected chi connectivity index (χ1v) is 10.1. The molecule has 1 amide bonds. The highest BCUT2D eigenvalue weighted by molar-refractivity contribution is 7.91. The Morgan fingerprint density at radius 3 is 2.50 bits per heavy atom. The quantitative estimate of drug-likeness (QED) is 0.812. The molecule has 6 nitrogen and oxygen atoms in total. The Bertz CT molecular complexity index is 809. The van der Waals surface area contributed by atoms with Crippen molar-refractivity contribution >= 4 is 25.8 Å². The van der Waals surface area contributed by atoms with Crippen molar-refractivity contribution in [3.05, 3.63) is 36.4 Å². The third-order valence-corrected chi connectivity index (χ3v) is 5.83. The van der Waals surface area contributed by atoms with Crippen LogP contribution in [0.15, 0.2) is 46.2 Å². The summed E-state index contributed by atoms with van der Waals surface area (Å²) in [6.07, 6.45) is 6.67. The summed E-state index contributed by atoms with van der Waals surface area (Å²) in [6, 6.07) is 4.93. The predicted molar refractivity (Wildman–Crippen MR) is 81.4 cm³/mol. The van der Waals surface area contributed by atoms with E-state index < -0.39 is 25.8 Å². The van der Waals surface area contributed by atoms with Gasteiger partial charge in [-0.25, -0.2) is 21.6 Å². The van der Waals surface area contributed by atoms with Gasteiger partial charge in [-0.1, -0.05) is 18.2 Å². The van der Waals surface area contributed by atoms with Crippen molar-refractivity contribution < 1.29 is 21.6 Å². The van der Waals surface area contributed by atoms with Crippen LogP contribution in [0.1, 0.15) is 19.3 Å². The molecule has 0 unspecified atom stereocenters. The van der Waals surface area contributed by atoms with E-state index in [9.17, 15) is 21.6 Å². The minimum Gasteiger partial charge on any atom is -0.274 e. The summed E-state index contributed by atoms with van der Waals surface area (Å²) in [6.45, 7) is 0. The maximum atomic E-state index is 12.2. The van der Waals surface area contributed by atoms with E-state index >= 15 is 0 Å². The molecular formula is C14H17NO5S2. The number of hydrogen-bond acceptors (Lipinski definition) is 5. The van der Waals surface area contributed by atoms with Crippen LogP contribution >= 0.6 is 0 Å². The van der Waals surface area contributed by atoms with Crippen molar-refractivity contribution in [3.8, 4) is 0 Å². The van der Waals surface area contributed by atoms with Crippen LogP contribution < -0.4 is 4.72 Å². The third-order valence-electron chi connectivity index (χ3n) is 3.35. The highest BCUT2D eigenvalue weighted by atomic mass is 32.2. The van der Waals surface area contributed by atoms with Crippen LogP contribution in [0.3, 0.4) is 0 Å². The Morgan fingerprint density at radius 1 is 1.23 bits per heavy atom. The molecular weight excluding hydrogens is 326 g/mol. The molecule has 1 atom stereocenters. The van der Waals surface area contributed by atoms with Crippen molar-refractivity contribution in [2.45, 2.75) is 29.1 Å². The van der Waals surface area contributed by atoms with Gasteiger partial charge in [0.05, 0.1) is 9.79 Å². The second-order valence-electron chi connectivity index (χ2n) is 5.25. The van der Waals surface area contributed by atoms with Crippen LogP contribution in [-0.2, 0) is 24.7 Å². The Hall–Kier alpha value is -1.67. The van der Waals surface area contributed by atoms with E-state index in [1.165, 1.54) is 18.2 Å². The molecule has 0 heterocycles. The first-order valence-electron chi connectivity index (χ1n) is 6.71. The van der Waals surface area contributed by atoms with Crippen LogP contribution in [0.5, 0.6) is 0 Å². The van der Waals surface area contributed by atoms with Crippen LogP contribution in [-0.4, -0.2) is 29.0 Å². The molecule has 0 saturated heterocycles. The van der Waals surface area contributed by atoms with Crippen molar-refractivity contribution in [1.29, 1.82) is 0 Å². The van der Waals surface area contributed by atoms with E-state index in [2.05, 4.69) is 0 Å². The van der Waals surface area contributed by atoms with E-state index in [4.69, 9.17) is 0 Å². The molecule has 0 radical (unpaired) electrons. The zero-order valence-electron chi connectivity index (χ0n) is 12.0. The number of sulfone groups is 1. The Morgan fingerprint density at radius 2 is 1.91 bits per heavy atom. The molecule has 0 aromatic heterocycles. The lowest BCUT2D eigenvalue weighted by Gasteiger charge is -2.10. The van der Waals surface area contributed by atoms with Gasteiger partial charge in [-0.15, -0.1) is 0 Å². The first-order chi connectivity index (χ1) is 10.2. The molecule has 0 saturated carbocycles. The van der Waals surface area contributed by atoms with E-state index in [-0.39, 0.29) is 22.1 Å². The van der Waals surface area contributed by atoms with Gasteiger partial charge in [0.15, 0.2) is 9.84 Å². The van der Waals surface area contributed by atoms with Crippen LogP contribution in [0.4, 0.5) is 0 Å². The molecule has 2 rings (SSSR count). The minimum atomic E-state index is -4.07. The molecule has 1 aliphatic carbocycles. The number of amides is 1. The summed E-state index contributed by atoms with van der Waals surface area (Å²) in [7, 11) is -7.59. The molecule has 8 heteroatoms. The topological polar surface area (TPSA) is 97.4 Å². The molecule has 0 aliphatic heterocycles. The summed E-state index contributed by atoms with van der Waals surface area (Å²) in [5.41, 5.74) is 0. The maximum absolute atomic E-state index is 12.2. The highest BCUT2D eigenvalue weighted by Gasteiger charge is 2.22. The number of carbonyl (C=O) groups excluding carboxylic acids is 1. The summed E-state index contributed by atoms with van der Waals surface area (Å²) in [5.74, 6) is -0.543. The monoisotopic (exact) mass is 343 g/mol. The number of benzene rings is 1. The van der Waals surface area contributed by atoms with Gasteiger partial charge < -0.3 is 0 Å². The normalized spacial score (nSPS) is 18.3. The Kier molecular flexibility index (Phi) is 4.72. The SMILES string of the molecule is CS(=O)(=O)c1cccc(S(=O)(=O)NC(=O)C[C@H]2C=CCC2)c1. The van der Waals surface area contributed by atoms with Crippen molar-refractivity contribution in [3.63, 3.8) is 0 Å². The van der Waals surface area contributed by atoms with Gasteiger partial charge >= 0.3 is 0 Å². The number of carbonyl (C=O) groups is 1. The lowest BCUT2D eigenvalue weighted by atomic mass is 10.1. The smallest absolute Gasteiger partial charge is 0.264 e. The van der Waals surface area contributed by atoms with Crippen molar-refractivity contribution in [2.24, 2.45) is 5.92 Å². The average molecular weight is 343 g/mol. The lowest BCUT2D eigenvalue weighted by molar-refractivity contribution is -0.119. The van der Waals surface area contributed by atoms with Crippen LogP contribution in [0.25, 0.3) is 0 Å². The van der Waals surface area contributed by atoms with Crippen LogP contribution in [0.2, 0.25) is 0 Å². The molecule has 1 N–H and O–H groups in total. The number of sulfonamides is 1. The number of hydrogen-bond donors (Lipinski definition) is 1. The fourth-order valence-corrected chi connectivity index (χ4v) is 4.01. The molecule has 0 spiro atoms. The standard InChI is InChI=1S/C14H17NO5S2/c1-21(17,18)12-7-4-8-13(10-12)22(19,20)15-14(16)9-11-5-2-3-6-11/h2,4-5,7-8,10-11H,3,6,9H2,1H3,(H,15,16)/t11-/m0/s1. The summed E-state index contributed by atoms with van der Waals surface area (Å²) >= 11 is 0. The predicted octanol–water partition coefficient (Wildman–Crippen LogP) is 1.25. The molecule has 1 aromatic rings. The Labute approximate surface area is 130 Å².